The van der Waals surface area contributed by atoms with E-state index >= 15 is 0 Å². The Bertz CT molecular complexity index is 853. The molecule has 0 spiro atoms. The number of nitrogens with one attached hydrogen (secondary N) is 1. The van der Waals surface area contributed by atoms with E-state index in [2.05, 4.69) is 15.5 Å². The summed E-state index contributed by atoms with van der Waals surface area (Å²) >= 11 is 2.97. The van der Waals surface area contributed by atoms with Crippen LogP contribution in [-0.2, 0) is 0 Å². The number of nitrogens with zero attached hydrogens (tertiary/aromatic N) is 2. The monoisotopic (exact) mass is 359 g/mol. The molecule has 3 rings (SSSR count). The molecule has 1 N–H and O–H groups in total. The van der Waals surface area contributed by atoms with Crippen LogP contribution in [0.2, 0.25) is 0 Å². The van der Waals surface area contributed by atoms with E-state index in [4.69, 9.17) is 4.42 Å². The number of thioether (sulfide) groups is 1. The van der Waals surface area contributed by atoms with Crippen molar-refractivity contribution in [3.63, 3.8) is 0 Å². The van der Waals surface area contributed by atoms with Crippen molar-refractivity contribution in [3.05, 3.63) is 47.2 Å². The van der Waals surface area contributed by atoms with Crippen LogP contribution in [-0.4, -0.2) is 21.9 Å². The van der Waals surface area contributed by atoms with E-state index in [0.717, 1.165) is 15.7 Å². The van der Waals surface area contributed by atoms with Crippen LogP contribution < -0.4 is 5.32 Å². The molecule has 2 aromatic heterocycles. The van der Waals surface area contributed by atoms with Gasteiger partial charge in [0.05, 0.1) is 5.56 Å². The van der Waals surface area contributed by atoms with Crippen molar-refractivity contribution in [1.29, 1.82) is 0 Å². The van der Waals surface area contributed by atoms with E-state index in [1.165, 1.54) is 16.9 Å². The molecule has 0 saturated heterocycles. The van der Waals surface area contributed by atoms with Gasteiger partial charge in [-0.1, -0.05) is 59.9 Å². The second kappa shape index (κ2) is 7.19. The minimum absolute atomic E-state index is 0.237. The van der Waals surface area contributed by atoms with Crippen LogP contribution in [0.4, 0.5) is 5.13 Å². The van der Waals surface area contributed by atoms with Gasteiger partial charge in [0.15, 0.2) is 4.34 Å². The summed E-state index contributed by atoms with van der Waals surface area (Å²) in [5.74, 6) is 1.94. The Morgan fingerprint density at radius 3 is 2.71 bits per heavy atom. The smallest absolute Gasteiger partial charge is 0.261 e. The van der Waals surface area contributed by atoms with Crippen molar-refractivity contribution < 1.29 is 9.21 Å². The van der Waals surface area contributed by atoms with Gasteiger partial charge in [-0.15, -0.1) is 10.2 Å². The van der Waals surface area contributed by atoms with Crippen LogP contribution >= 0.6 is 23.1 Å². The third-order valence-electron chi connectivity index (χ3n) is 3.39. The van der Waals surface area contributed by atoms with Crippen LogP contribution in [0.15, 0.2) is 39.1 Å². The highest BCUT2D eigenvalue weighted by Crippen LogP contribution is 2.28. The molecule has 124 valence electrons. The zero-order valence-electron chi connectivity index (χ0n) is 13.6. The average molecular weight is 359 g/mol. The van der Waals surface area contributed by atoms with Crippen LogP contribution in [0.3, 0.4) is 0 Å². The van der Waals surface area contributed by atoms with Crippen molar-refractivity contribution >= 4 is 34.1 Å². The number of hydrogen-bond acceptors (Lipinski definition) is 6. The van der Waals surface area contributed by atoms with Crippen molar-refractivity contribution in [2.24, 2.45) is 0 Å². The summed E-state index contributed by atoms with van der Waals surface area (Å²) in [5, 5.41) is 11.3. The first kappa shape index (κ1) is 16.7. The number of aromatic nitrogens is 2. The van der Waals surface area contributed by atoms with Crippen LogP contribution in [0, 0.1) is 13.8 Å². The molecule has 5 nitrogen and oxygen atoms in total. The number of furan rings is 1. The van der Waals surface area contributed by atoms with Gasteiger partial charge < -0.3 is 4.42 Å². The van der Waals surface area contributed by atoms with Gasteiger partial charge in [0.2, 0.25) is 5.13 Å². The molecule has 0 aliphatic carbocycles. The maximum absolute atomic E-state index is 12.5. The summed E-state index contributed by atoms with van der Waals surface area (Å²) in [6.07, 6.45) is 0. The van der Waals surface area contributed by atoms with Gasteiger partial charge in [-0.05, 0) is 25.7 Å². The van der Waals surface area contributed by atoms with Crippen molar-refractivity contribution in [2.75, 3.05) is 11.1 Å². The SMILES string of the molecule is CCSc1nnc(NC(=O)c2cc(-c3ccc(C)cc3)oc2C)s1. The lowest BCUT2D eigenvalue weighted by molar-refractivity contribution is 0.102. The zero-order chi connectivity index (χ0) is 17.1. The molecule has 0 atom stereocenters. The number of aryl methyl sites for hydroxylation is 2. The van der Waals surface area contributed by atoms with Gasteiger partial charge in [-0.2, -0.15) is 0 Å². The predicted molar refractivity (Wildman–Crippen MR) is 97.9 cm³/mol. The predicted octanol–water partition coefficient (Wildman–Crippen LogP) is 4.78. The largest absolute Gasteiger partial charge is 0.461 e. The summed E-state index contributed by atoms with van der Waals surface area (Å²) in [6.45, 7) is 5.86. The maximum Gasteiger partial charge on any atom is 0.261 e. The molecule has 0 fully saturated rings. The average Bonchev–Trinajstić information content (AvgIpc) is 3.15. The topological polar surface area (TPSA) is 68.0 Å². The molecule has 0 unspecified atom stereocenters. The molecule has 0 bridgehead atoms. The van der Waals surface area contributed by atoms with Gasteiger partial charge in [0.25, 0.3) is 5.91 Å². The molecule has 0 aliphatic heterocycles. The van der Waals surface area contributed by atoms with Gasteiger partial charge in [0.1, 0.15) is 11.5 Å². The van der Waals surface area contributed by atoms with Gasteiger partial charge in [-0.25, -0.2) is 0 Å². The quantitative estimate of drug-likeness (QED) is 0.524. The highest BCUT2D eigenvalue weighted by Gasteiger charge is 2.17. The molecule has 0 radical (unpaired) electrons. The normalized spacial score (nSPS) is 10.8. The Hall–Kier alpha value is -2.12. The van der Waals surface area contributed by atoms with E-state index in [-0.39, 0.29) is 5.91 Å². The lowest BCUT2D eigenvalue weighted by atomic mass is 10.1. The highest BCUT2D eigenvalue weighted by atomic mass is 32.2. The molecule has 0 saturated carbocycles. The fraction of sp³-hybridized carbons (Fsp3) is 0.235. The second-order valence-electron chi connectivity index (χ2n) is 5.21. The molecule has 1 amide bonds. The van der Waals surface area contributed by atoms with E-state index < -0.39 is 0 Å². The van der Waals surface area contributed by atoms with E-state index in [1.54, 1.807) is 24.8 Å². The summed E-state index contributed by atoms with van der Waals surface area (Å²) in [6, 6.07) is 9.75. The van der Waals surface area contributed by atoms with E-state index in [9.17, 15) is 4.79 Å². The highest BCUT2D eigenvalue weighted by molar-refractivity contribution is 8.01. The number of benzene rings is 1. The second-order valence-corrected chi connectivity index (χ2v) is 7.70. The number of carbonyl (C=O) groups excluding carboxylic acids is 1. The Morgan fingerprint density at radius 2 is 2.00 bits per heavy atom. The molecule has 3 aromatic rings. The number of rotatable bonds is 5. The van der Waals surface area contributed by atoms with E-state index in [0.29, 0.717) is 22.2 Å². The third-order valence-corrected chi connectivity index (χ3v) is 5.25. The van der Waals surface area contributed by atoms with Gasteiger partial charge in [0, 0.05) is 5.56 Å². The number of anilines is 1. The Kier molecular flexibility index (Phi) is 5.01. The summed E-state index contributed by atoms with van der Waals surface area (Å²) in [4.78, 5) is 12.5. The van der Waals surface area contributed by atoms with Crippen molar-refractivity contribution in [3.8, 4) is 11.3 Å². The van der Waals surface area contributed by atoms with Crippen molar-refractivity contribution in [2.45, 2.75) is 25.1 Å². The Morgan fingerprint density at radius 1 is 1.25 bits per heavy atom. The van der Waals surface area contributed by atoms with Gasteiger partial charge in [-0.3, -0.25) is 10.1 Å². The summed E-state index contributed by atoms with van der Waals surface area (Å²) in [5.41, 5.74) is 2.63. The standard InChI is InChI=1S/C17H17N3O2S2/c1-4-23-17-20-19-16(24-17)18-15(21)13-9-14(22-11(13)3)12-7-5-10(2)6-8-12/h5-9H,4H2,1-3H3,(H,18,19,21). The van der Waals surface area contributed by atoms with Crippen LogP contribution in [0.25, 0.3) is 11.3 Å². The van der Waals surface area contributed by atoms with Crippen LogP contribution in [0.5, 0.6) is 0 Å². The first-order valence-electron chi connectivity index (χ1n) is 7.52. The lowest BCUT2D eigenvalue weighted by Crippen LogP contribution is -2.11. The van der Waals surface area contributed by atoms with E-state index in [1.807, 2.05) is 38.1 Å². The van der Waals surface area contributed by atoms with Crippen molar-refractivity contribution in [1.82, 2.24) is 10.2 Å². The molecule has 1 aromatic carbocycles. The zero-order valence-corrected chi connectivity index (χ0v) is 15.3. The number of hydrogen-bond donors (Lipinski definition) is 1. The molecular weight excluding hydrogens is 342 g/mol. The minimum Gasteiger partial charge on any atom is -0.461 e. The molecular formula is C17H17N3O2S2. The van der Waals surface area contributed by atoms with Gasteiger partial charge >= 0.3 is 0 Å². The molecule has 7 heteroatoms. The summed E-state index contributed by atoms with van der Waals surface area (Å²) in [7, 11) is 0. The lowest BCUT2D eigenvalue weighted by Gasteiger charge is -1.98. The first-order valence-corrected chi connectivity index (χ1v) is 9.32. The Balaban J connectivity index is 1.78. The van der Waals surface area contributed by atoms with Crippen LogP contribution in [0.1, 0.15) is 28.6 Å². The minimum atomic E-state index is -0.237. The molecule has 0 aliphatic rings. The number of carbonyl (C=O) groups is 1. The fourth-order valence-corrected chi connectivity index (χ4v) is 3.82. The number of amides is 1. The molecule has 24 heavy (non-hydrogen) atoms. The summed E-state index contributed by atoms with van der Waals surface area (Å²) < 4.78 is 6.59. The Labute approximate surface area is 148 Å². The third kappa shape index (κ3) is 3.68. The first-order chi connectivity index (χ1) is 11.6. The fourth-order valence-electron chi connectivity index (χ4n) is 2.17. The molecule has 2 heterocycles. The maximum atomic E-state index is 12.5.